The highest BCUT2D eigenvalue weighted by molar-refractivity contribution is 6.30. The van der Waals surface area contributed by atoms with E-state index in [-0.39, 0.29) is 51.4 Å². The maximum Gasteiger partial charge on any atom is 0.159 e. The number of ether oxygens (including phenoxy) is 2. The standard InChI is InChI=1S/C49H70ClNO5/c1-29(2)44-40(54)25-49(19-20-51-26-31-8-9-34(50)24-41(31)56-35-15-21-55-28-35)18-13-38-36(45(44)49)10-11-43-47(38,6)17-14-42-46(4,5)33(12-16-48(42,43)7)23-39(53)37-22-32(27-52)30(37)3/h8-9,24,27,29-30,32-33,35-38,42-43,51H,10-23,25-26,28H2,1-7H3. The Labute approximate surface area is 342 Å². The Bertz CT molecular complexity index is 1730. The van der Waals surface area contributed by atoms with Gasteiger partial charge in [-0.25, -0.2) is 0 Å². The second kappa shape index (κ2) is 15.2. The summed E-state index contributed by atoms with van der Waals surface area (Å²) < 4.78 is 11.9. The fourth-order valence-corrected chi connectivity index (χ4v) is 15.3. The molecule has 1 aromatic carbocycles. The van der Waals surface area contributed by atoms with Gasteiger partial charge in [0.15, 0.2) is 5.78 Å². The molecule has 1 heterocycles. The largest absolute Gasteiger partial charge is 0.488 e. The monoisotopic (exact) mass is 787 g/mol. The number of rotatable bonds is 12. The summed E-state index contributed by atoms with van der Waals surface area (Å²) in [4.78, 5) is 39.1. The zero-order chi connectivity index (χ0) is 39.8. The molecule has 5 saturated carbocycles. The van der Waals surface area contributed by atoms with Crippen LogP contribution in [0.25, 0.3) is 0 Å². The van der Waals surface area contributed by atoms with Crippen LogP contribution in [0.1, 0.15) is 138 Å². The second-order valence-electron chi connectivity index (χ2n) is 21.4. The quantitative estimate of drug-likeness (QED) is 0.168. The summed E-state index contributed by atoms with van der Waals surface area (Å²) in [7, 11) is 0. The van der Waals surface area contributed by atoms with E-state index in [0.29, 0.717) is 72.2 Å². The zero-order valence-electron chi connectivity index (χ0n) is 35.5. The van der Waals surface area contributed by atoms with Crippen LogP contribution in [0.3, 0.4) is 0 Å². The van der Waals surface area contributed by atoms with Gasteiger partial charge in [0, 0.05) is 53.6 Å². The van der Waals surface area contributed by atoms with Crippen molar-refractivity contribution < 1.29 is 23.9 Å². The molecule has 1 N–H and O–H groups in total. The van der Waals surface area contributed by atoms with Gasteiger partial charge in [0.2, 0.25) is 0 Å². The van der Waals surface area contributed by atoms with E-state index >= 15 is 0 Å². The van der Waals surface area contributed by atoms with Crippen molar-refractivity contribution in [2.75, 3.05) is 19.8 Å². The van der Waals surface area contributed by atoms with Crippen LogP contribution in [0.2, 0.25) is 5.02 Å². The number of carbonyl (C=O) groups is 3. The molecule has 6 fully saturated rings. The second-order valence-corrected chi connectivity index (χ2v) is 21.8. The lowest BCUT2D eigenvalue weighted by Gasteiger charge is -2.69. The molecule has 1 aromatic rings. The van der Waals surface area contributed by atoms with Gasteiger partial charge in [-0.3, -0.25) is 9.59 Å². The van der Waals surface area contributed by atoms with Crippen LogP contribution in [-0.4, -0.2) is 43.7 Å². The maximum atomic E-state index is 14.1. The van der Waals surface area contributed by atoms with Crippen LogP contribution in [-0.2, 0) is 25.7 Å². The Morgan fingerprint density at radius 1 is 1.02 bits per heavy atom. The Morgan fingerprint density at radius 2 is 1.80 bits per heavy atom. The van der Waals surface area contributed by atoms with Crippen molar-refractivity contribution in [1.82, 2.24) is 5.32 Å². The van der Waals surface area contributed by atoms with Gasteiger partial charge < -0.3 is 19.6 Å². The summed E-state index contributed by atoms with van der Waals surface area (Å²) in [5, 5.41) is 4.46. The predicted molar refractivity (Wildman–Crippen MR) is 222 cm³/mol. The van der Waals surface area contributed by atoms with Crippen LogP contribution in [0.4, 0.5) is 0 Å². The number of fused-ring (bicyclic) bond motifs is 7. The molecule has 7 aliphatic rings. The maximum absolute atomic E-state index is 14.1. The van der Waals surface area contributed by atoms with E-state index in [4.69, 9.17) is 21.1 Å². The normalized spacial score (nSPS) is 41.4. The Morgan fingerprint density at radius 3 is 2.52 bits per heavy atom. The average molecular weight is 789 g/mol. The van der Waals surface area contributed by atoms with E-state index < -0.39 is 0 Å². The number of aldehydes is 1. The van der Waals surface area contributed by atoms with Crippen molar-refractivity contribution in [3.8, 4) is 5.75 Å². The number of carbonyl (C=O) groups excluding carboxylic acids is 3. The summed E-state index contributed by atoms with van der Waals surface area (Å²) in [6.45, 7) is 19.9. The number of ketones is 2. The summed E-state index contributed by atoms with van der Waals surface area (Å²) in [6, 6.07) is 5.96. The van der Waals surface area contributed by atoms with Crippen molar-refractivity contribution in [2.24, 2.45) is 74.9 Å². The summed E-state index contributed by atoms with van der Waals surface area (Å²) >= 11 is 6.40. The highest BCUT2D eigenvalue weighted by atomic mass is 35.5. The topological polar surface area (TPSA) is 81.7 Å². The molecule has 12 unspecified atom stereocenters. The van der Waals surface area contributed by atoms with Gasteiger partial charge in [-0.05, 0) is 146 Å². The van der Waals surface area contributed by atoms with Gasteiger partial charge in [0.25, 0.3) is 0 Å². The van der Waals surface area contributed by atoms with Crippen LogP contribution in [0.5, 0.6) is 5.75 Å². The number of Topliss-reactive ketones (excluding diaryl/α,β-unsaturated/α-hetero) is 2. The molecule has 0 bridgehead atoms. The molecule has 6 nitrogen and oxygen atoms in total. The molecule has 308 valence electrons. The molecule has 8 rings (SSSR count). The van der Waals surface area contributed by atoms with Crippen LogP contribution < -0.4 is 10.1 Å². The van der Waals surface area contributed by atoms with Crippen molar-refractivity contribution in [3.63, 3.8) is 0 Å². The predicted octanol–water partition coefficient (Wildman–Crippen LogP) is 10.6. The van der Waals surface area contributed by atoms with E-state index in [0.717, 1.165) is 62.9 Å². The van der Waals surface area contributed by atoms with Gasteiger partial charge in [0.05, 0.1) is 13.2 Å². The fraction of sp³-hybridized carbons (Fsp3) is 0.776. The first-order valence-electron chi connectivity index (χ1n) is 22.6. The number of hydrogen-bond donors (Lipinski definition) is 1. The first kappa shape index (κ1) is 40.7. The average Bonchev–Trinajstić information content (AvgIpc) is 3.76. The highest BCUT2D eigenvalue weighted by Crippen LogP contribution is 2.74. The number of allylic oxidation sites excluding steroid dienone is 2. The Balaban J connectivity index is 0.975. The molecular weight excluding hydrogens is 718 g/mol. The first-order chi connectivity index (χ1) is 26.6. The van der Waals surface area contributed by atoms with Crippen molar-refractivity contribution >= 4 is 29.5 Å². The number of halogens is 1. The van der Waals surface area contributed by atoms with Crippen molar-refractivity contribution in [3.05, 3.63) is 39.9 Å². The van der Waals surface area contributed by atoms with Crippen molar-refractivity contribution in [2.45, 2.75) is 145 Å². The lowest BCUT2D eigenvalue weighted by molar-refractivity contribution is -0.193. The van der Waals surface area contributed by atoms with E-state index in [1.165, 1.54) is 44.1 Å². The fourth-order valence-electron chi connectivity index (χ4n) is 15.1. The minimum atomic E-state index is -0.0358. The summed E-state index contributed by atoms with van der Waals surface area (Å²) in [6.07, 6.45) is 14.8. The van der Waals surface area contributed by atoms with Crippen LogP contribution in [0, 0.1) is 74.9 Å². The molecule has 0 spiro atoms. The molecule has 1 saturated heterocycles. The third kappa shape index (κ3) is 6.70. The van der Waals surface area contributed by atoms with E-state index in [9.17, 15) is 14.4 Å². The van der Waals surface area contributed by atoms with Gasteiger partial charge >= 0.3 is 0 Å². The third-order valence-corrected chi connectivity index (χ3v) is 18.4. The van der Waals surface area contributed by atoms with E-state index in [1.807, 2.05) is 12.1 Å². The van der Waals surface area contributed by atoms with Gasteiger partial charge in [0.1, 0.15) is 23.9 Å². The number of benzene rings is 1. The Kier molecular flexibility index (Phi) is 11.1. The highest BCUT2D eigenvalue weighted by Gasteiger charge is 2.66. The molecular formula is C49H70ClNO5. The van der Waals surface area contributed by atoms with Crippen molar-refractivity contribution in [1.29, 1.82) is 0 Å². The molecule has 1 aliphatic heterocycles. The number of nitrogens with one attached hydrogen (secondary N) is 1. The SMILES string of the molecule is CC(C)C1=C2C3CCC4C(C)(CCC5C(C)(C)C(CC(=O)C6CC(C=O)C6C)CCC54C)C3CCC2(CCNCc2ccc(Cl)cc2OC2CCOC2)CC1=O. The van der Waals surface area contributed by atoms with Crippen LogP contribution >= 0.6 is 11.6 Å². The molecule has 0 aromatic heterocycles. The molecule has 56 heavy (non-hydrogen) atoms. The van der Waals surface area contributed by atoms with Gasteiger partial charge in [-0.2, -0.15) is 0 Å². The van der Waals surface area contributed by atoms with Gasteiger partial charge in [-0.15, -0.1) is 0 Å². The summed E-state index contributed by atoms with van der Waals surface area (Å²) in [5.74, 6) is 5.11. The zero-order valence-corrected chi connectivity index (χ0v) is 36.3. The molecule has 0 radical (unpaired) electrons. The lowest BCUT2D eigenvalue weighted by atomic mass is 9.35. The van der Waals surface area contributed by atoms with E-state index in [2.05, 4.69) is 59.8 Å². The van der Waals surface area contributed by atoms with Crippen LogP contribution in [0.15, 0.2) is 29.3 Å². The molecule has 12 atom stereocenters. The minimum absolute atomic E-state index is 0.0358. The number of hydrogen-bond acceptors (Lipinski definition) is 6. The first-order valence-corrected chi connectivity index (χ1v) is 23.0. The van der Waals surface area contributed by atoms with Gasteiger partial charge in [-0.1, -0.05) is 71.7 Å². The molecule has 6 aliphatic carbocycles. The Hall–Kier alpha value is -2.02. The minimum Gasteiger partial charge on any atom is -0.488 e. The smallest absolute Gasteiger partial charge is 0.159 e. The molecule has 0 amide bonds. The summed E-state index contributed by atoms with van der Waals surface area (Å²) in [5.41, 5.74) is 4.47. The lowest BCUT2D eigenvalue weighted by Crippen LogP contribution is -2.62. The third-order valence-electron chi connectivity index (χ3n) is 18.2. The van der Waals surface area contributed by atoms with E-state index in [1.54, 1.807) is 5.57 Å². The molecule has 7 heteroatoms.